The van der Waals surface area contributed by atoms with E-state index in [0.717, 1.165) is 0 Å². The SMILES string of the molecule is CC(C)(C)OC(=O)NCC(=O)C(F)(F)F. The maximum absolute atomic E-state index is 11.7. The molecule has 0 saturated carbocycles. The highest BCUT2D eigenvalue weighted by Gasteiger charge is 2.38. The standard InChI is InChI=1S/C8H12F3NO3/c1-7(2,3)15-6(14)12-4-5(13)8(9,10)11/h4H2,1-3H3,(H,12,14). The lowest BCUT2D eigenvalue weighted by molar-refractivity contribution is -0.169. The van der Waals surface area contributed by atoms with Crippen molar-refractivity contribution >= 4 is 11.9 Å². The second kappa shape index (κ2) is 4.50. The number of nitrogens with one attached hydrogen (secondary N) is 1. The van der Waals surface area contributed by atoms with Gasteiger partial charge in [0.1, 0.15) is 5.60 Å². The summed E-state index contributed by atoms with van der Waals surface area (Å²) >= 11 is 0. The summed E-state index contributed by atoms with van der Waals surface area (Å²) < 4.78 is 39.7. The van der Waals surface area contributed by atoms with E-state index in [0.29, 0.717) is 0 Å². The van der Waals surface area contributed by atoms with Gasteiger partial charge in [0.2, 0.25) is 0 Å². The molecule has 7 heteroatoms. The van der Waals surface area contributed by atoms with Gasteiger partial charge in [-0.3, -0.25) is 4.79 Å². The Morgan fingerprint density at radius 3 is 2.00 bits per heavy atom. The third-order valence-electron chi connectivity index (χ3n) is 1.11. The van der Waals surface area contributed by atoms with Crippen molar-refractivity contribution in [2.24, 2.45) is 0 Å². The van der Waals surface area contributed by atoms with Crippen molar-refractivity contribution in [2.45, 2.75) is 32.5 Å². The largest absolute Gasteiger partial charge is 0.451 e. The topological polar surface area (TPSA) is 55.4 Å². The number of rotatable bonds is 2. The number of ether oxygens (including phenoxy) is 1. The molecule has 4 nitrogen and oxygen atoms in total. The summed E-state index contributed by atoms with van der Waals surface area (Å²) in [5, 5.41) is 1.71. The molecule has 1 N–H and O–H groups in total. The first kappa shape index (κ1) is 13.7. The van der Waals surface area contributed by atoms with Crippen molar-refractivity contribution < 1.29 is 27.5 Å². The number of amides is 1. The normalized spacial score (nSPS) is 12.1. The molecule has 0 aliphatic heterocycles. The van der Waals surface area contributed by atoms with Crippen LogP contribution >= 0.6 is 0 Å². The molecule has 0 aliphatic rings. The van der Waals surface area contributed by atoms with Crippen molar-refractivity contribution in [3.8, 4) is 0 Å². The Labute approximate surface area is 84.8 Å². The molecule has 0 bridgehead atoms. The number of halogens is 3. The van der Waals surface area contributed by atoms with E-state index in [9.17, 15) is 22.8 Å². The Morgan fingerprint density at radius 1 is 1.20 bits per heavy atom. The molecule has 0 rings (SSSR count). The second-order valence-electron chi connectivity index (χ2n) is 3.78. The van der Waals surface area contributed by atoms with Gasteiger partial charge >= 0.3 is 12.3 Å². The number of alkyl halides is 3. The van der Waals surface area contributed by atoms with Crippen LogP contribution < -0.4 is 5.32 Å². The third-order valence-corrected chi connectivity index (χ3v) is 1.11. The van der Waals surface area contributed by atoms with Crippen LogP contribution in [0, 0.1) is 0 Å². The quantitative estimate of drug-likeness (QED) is 0.780. The van der Waals surface area contributed by atoms with Gasteiger partial charge in [-0.2, -0.15) is 13.2 Å². The highest BCUT2D eigenvalue weighted by Crippen LogP contribution is 2.15. The number of hydrogen-bond donors (Lipinski definition) is 1. The molecule has 0 atom stereocenters. The number of carbonyl (C=O) groups excluding carboxylic acids is 2. The molecule has 15 heavy (non-hydrogen) atoms. The summed E-state index contributed by atoms with van der Waals surface area (Å²) in [6.07, 6.45) is -5.99. The molecule has 0 fully saturated rings. The lowest BCUT2D eigenvalue weighted by Crippen LogP contribution is -2.39. The molecule has 1 amide bonds. The van der Waals surface area contributed by atoms with E-state index in [1.54, 1.807) is 26.1 Å². The number of carbonyl (C=O) groups is 2. The van der Waals surface area contributed by atoms with E-state index >= 15 is 0 Å². The molecule has 0 aromatic rings. The predicted molar refractivity (Wildman–Crippen MR) is 45.3 cm³/mol. The van der Waals surface area contributed by atoms with E-state index < -0.39 is 30.2 Å². The van der Waals surface area contributed by atoms with Gasteiger partial charge in [-0.25, -0.2) is 4.79 Å². The summed E-state index contributed by atoms with van der Waals surface area (Å²) in [7, 11) is 0. The van der Waals surface area contributed by atoms with E-state index in [1.165, 1.54) is 0 Å². The van der Waals surface area contributed by atoms with Crippen LogP contribution in [-0.4, -0.2) is 30.2 Å². The van der Waals surface area contributed by atoms with Crippen molar-refractivity contribution in [1.82, 2.24) is 5.32 Å². The van der Waals surface area contributed by atoms with Crippen molar-refractivity contribution in [3.63, 3.8) is 0 Å². The summed E-state index contributed by atoms with van der Waals surface area (Å²) in [5.41, 5.74) is -0.814. The van der Waals surface area contributed by atoms with Crippen molar-refractivity contribution in [3.05, 3.63) is 0 Å². The van der Waals surface area contributed by atoms with Crippen LogP contribution in [0.3, 0.4) is 0 Å². The molecule has 0 radical (unpaired) electrons. The highest BCUT2D eigenvalue weighted by atomic mass is 19.4. The maximum Gasteiger partial charge on any atom is 0.451 e. The predicted octanol–water partition coefficient (Wildman–Crippen LogP) is 1.64. The van der Waals surface area contributed by atoms with E-state index in [4.69, 9.17) is 0 Å². The Balaban J connectivity index is 3.98. The van der Waals surface area contributed by atoms with Gasteiger partial charge in [0.15, 0.2) is 0 Å². The molecule has 0 aliphatic carbocycles. The lowest BCUT2D eigenvalue weighted by atomic mass is 10.2. The van der Waals surface area contributed by atoms with Crippen molar-refractivity contribution in [2.75, 3.05) is 6.54 Å². The number of hydrogen-bond acceptors (Lipinski definition) is 3. The zero-order valence-corrected chi connectivity index (χ0v) is 8.57. The molecule has 0 aromatic carbocycles. The van der Waals surface area contributed by atoms with Crippen LogP contribution in [0.5, 0.6) is 0 Å². The maximum atomic E-state index is 11.7. The fourth-order valence-electron chi connectivity index (χ4n) is 0.567. The van der Waals surface area contributed by atoms with Gasteiger partial charge in [0.25, 0.3) is 5.78 Å². The van der Waals surface area contributed by atoms with Crippen LogP contribution in [0.4, 0.5) is 18.0 Å². The van der Waals surface area contributed by atoms with Crippen LogP contribution in [0.25, 0.3) is 0 Å². The van der Waals surface area contributed by atoms with Crippen LogP contribution in [0.2, 0.25) is 0 Å². The smallest absolute Gasteiger partial charge is 0.444 e. The van der Waals surface area contributed by atoms with Gasteiger partial charge in [0, 0.05) is 0 Å². The minimum atomic E-state index is -4.94. The van der Waals surface area contributed by atoms with Crippen LogP contribution in [-0.2, 0) is 9.53 Å². The molecule has 0 saturated heterocycles. The fraction of sp³-hybridized carbons (Fsp3) is 0.750. The van der Waals surface area contributed by atoms with Gasteiger partial charge in [-0.15, -0.1) is 0 Å². The third kappa shape index (κ3) is 6.75. The van der Waals surface area contributed by atoms with Gasteiger partial charge in [-0.05, 0) is 20.8 Å². The first-order valence-corrected chi connectivity index (χ1v) is 4.09. The van der Waals surface area contributed by atoms with E-state index in [1.807, 2.05) is 0 Å². The summed E-state index contributed by atoms with van der Waals surface area (Å²) in [4.78, 5) is 21.2. The Hall–Kier alpha value is -1.27. The summed E-state index contributed by atoms with van der Waals surface area (Å²) in [5.74, 6) is -2.02. The average Bonchev–Trinajstić information content (AvgIpc) is 1.94. The van der Waals surface area contributed by atoms with Gasteiger partial charge in [0.05, 0.1) is 6.54 Å². The molecule has 88 valence electrons. The monoisotopic (exact) mass is 227 g/mol. The molecule has 0 aromatic heterocycles. The van der Waals surface area contributed by atoms with E-state index in [-0.39, 0.29) is 0 Å². The van der Waals surface area contributed by atoms with Crippen LogP contribution in [0.15, 0.2) is 0 Å². The molecule has 0 spiro atoms. The summed E-state index contributed by atoms with van der Waals surface area (Å²) in [6.45, 7) is 3.55. The molecule has 0 heterocycles. The highest BCUT2D eigenvalue weighted by molar-refractivity contribution is 5.88. The average molecular weight is 227 g/mol. The summed E-state index contributed by atoms with van der Waals surface area (Å²) in [6, 6.07) is 0. The van der Waals surface area contributed by atoms with Crippen LogP contribution in [0.1, 0.15) is 20.8 Å². The van der Waals surface area contributed by atoms with E-state index in [2.05, 4.69) is 4.74 Å². The van der Waals surface area contributed by atoms with Gasteiger partial charge in [-0.1, -0.05) is 0 Å². The number of Topliss-reactive ketones (excluding diaryl/α,β-unsaturated/α-hetero) is 1. The minimum Gasteiger partial charge on any atom is -0.444 e. The first-order chi connectivity index (χ1) is 6.52. The Morgan fingerprint density at radius 2 is 1.67 bits per heavy atom. The van der Waals surface area contributed by atoms with Crippen molar-refractivity contribution in [1.29, 1.82) is 0 Å². The Kier molecular flexibility index (Phi) is 4.12. The first-order valence-electron chi connectivity index (χ1n) is 4.09. The number of alkyl carbamates (subject to hydrolysis) is 1. The zero-order valence-electron chi connectivity index (χ0n) is 8.57. The minimum absolute atomic E-state index is 0.814. The number of ketones is 1. The second-order valence-corrected chi connectivity index (χ2v) is 3.78. The Bertz CT molecular complexity index is 255. The lowest BCUT2D eigenvalue weighted by Gasteiger charge is -2.19. The molecule has 0 unspecified atom stereocenters. The zero-order chi connectivity index (χ0) is 12.3. The van der Waals surface area contributed by atoms with Gasteiger partial charge < -0.3 is 10.1 Å². The molecular formula is C8H12F3NO3. The fourth-order valence-corrected chi connectivity index (χ4v) is 0.567. The molecular weight excluding hydrogens is 215 g/mol.